The number of fused-ring (bicyclic) bond motifs is 1. The molecule has 2 aromatic heterocycles. The number of hydrogen-bond donors (Lipinski definition) is 1. The van der Waals surface area contributed by atoms with Gasteiger partial charge in [-0.15, -0.1) is 0 Å². The summed E-state index contributed by atoms with van der Waals surface area (Å²) in [7, 11) is 0. The summed E-state index contributed by atoms with van der Waals surface area (Å²) in [5, 5.41) is 0.760. The molecular weight excluding hydrogens is 319 g/mol. The molecule has 1 N–H and O–H groups in total. The van der Waals surface area contributed by atoms with Gasteiger partial charge in [0.2, 0.25) is 0 Å². The van der Waals surface area contributed by atoms with Crippen molar-refractivity contribution in [2.45, 2.75) is 6.92 Å². The number of halogens is 1. The zero-order valence-electron chi connectivity index (χ0n) is 14.0. The number of nitrogens with one attached hydrogen (secondary N) is 1. The van der Waals surface area contributed by atoms with Crippen molar-refractivity contribution in [2.24, 2.45) is 0 Å². The quantitative estimate of drug-likeness (QED) is 0.781. The highest BCUT2D eigenvalue weighted by Gasteiger charge is 2.25. The molecule has 25 heavy (non-hydrogen) atoms. The largest absolute Gasteiger partial charge is 0.353 e. The van der Waals surface area contributed by atoms with Gasteiger partial charge in [0.1, 0.15) is 17.3 Å². The summed E-state index contributed by atoms with van der Waals surface area (Å²) in [6.07, 6.45) is 1.78. The van der Waals surface area contributed by atoms with Crippen LogP contribution < -0.4 is 4.90 Å². The summed E-state index contributed by atoms with van der Waals surface area (Å²) in [5.74, 6) is 0.610. The second kappa shape index (κ2) is 6.20. The van der Waals surface area contributed by atoms with Crippen molar-refractivity contribution in [1.82, 2.24) is 14.9 Å². The van der Waals surface area contributed by atoms with E-state index in [1.54, 1.807) is 12.3 Å². The van der Waals surface area contributed by atoms with Gasteiger partial charge in [-0.05, 0) is 42.8 Å². The number of aromatic amines is 1. The summed E-state index contributed by atoms with van der Waals surface area (Å²) in [4.78, 5) is 24.4. The highest BCUT2D eigenvalue weighted by Crippen LogP contribution is 2.24. The maximum atomic E-state index is 13.5. The van der Waals surface area contributed by atoms with Gasteiger partial charge in [-0.25, -0.2) is 9.37 Å². The van der Waals surface area contributed by atoms with Crippen LogP contribution in [0.2, 0.25) is 0 Å². The third-order valence-electron chi connectivity index (χ3n) is 4.77. The van der Waals surface area contributed by atoms with Crippen molar-refractivity contribution in [3.8, 4) is 0 Å². The van der Waals surface area contributed by atoms with Crippen LogP contribution in [0, 0.1) is 12.7 Å². The van der Waals surface area contributed by atoms with Crippen LogP contribution in [0.5, 0.6) is 0 Å². The lowest BCUT2D eigenvalue weighted by Gasteiger charge is -2.35. The third kappa shape index (κ3) is 2.84. The standard InChI is InChI=1S/C19H19FN4O/c1-13-15-12-14(20)5-6-16(15)22-18(13)19(25)24-10-8-23(9-11-24)17-4-2-3-7-21-17/h2-7,12,22H,8-11H2,1H3. The molecule has 1 amide bonds. The number of nitrogens with zero attached hydrogens (tertiary/aromatic N) is 3. The fourth-order valence-corrected chi connectivity index (χ4v) is 3.35. The minimum absolute atomic E-state index is 0.0326. The molecular formula is C19H19FN4O. The van der Waals surface area contributed by atoms with Gasteiger partial charge in [0.05, 0.1) is 0 Å². The Hall–Kier alpha value is -2.89. The first-order valence-electron chi connectivity index (χ1n) is 8.36. The fraction of sp³-hybridized carbons (Fsp3) is 0.263. The monoisotopic (exact) mass is 338 g/mol. The zero-order valence-corrected chi connectivity index (χ0v) is 14.0. The lowest BCUT2D eigenvalue weighted by Crippen LogP contribution is -2.49. The molecule has 0 bridgehead atoms. The van der Waals surface area contributed by atoms with Crippen LogP contribution in [0.25, 0.3) is 10.9 Å². The maximum absolute atomic E-state index is 13.5. The Labute approximate surface area is 145 Å². The van der Waals surface area contributed by atoms with Gasteiger partial charge in [-0.3, -0.25) is 4.79 Å². The molecule has 4 rings (SSSR count). The average molecular weight is 338 g/mol. The molecule has 1 aromatic carbocycles. The minimum Gasteiger partial charge on any atom is -0.353 e. The first kappa shape index (κ1) is 15.6. The number of aryl methyl sites for hydroxylation is 1. The number of piperazine rings is 1. The van der Waals surface area contributed by atoms with E-state index in [0.29, 0.717) is 18.8 Å². The normalized spacial score (nSPS) is 15.0. The number of anilines is 1. The molecule has 1 aliphatic heterocycles. The topological polar surface area (TPSA) is 52.2 Å². The van der Waals surface area contributed by atoms with Gasteiger partial charge < -0.3 is 14.8 Å². The molecule has 3 aromatic rings. The fourth-order valence-electron chi connectivity index (χ4n) is 3.35. The van der Waals surface area contributed by atoms with E-state index in [1.807, 2.05) is 30.0 Å². The Morgan fingerprint density at radius 2 is 1.96 bits per heavy atom. The van der Waals surface area contributed by atoms with E-state index in [9.17, 15) is 9.18 Å². The predicted molar refractivity (Wildman–Crippen MR) is 95.3 cm³/mol. The molecule has 3 heterocycles. The van der Waals surface area contributed by atoms with Crippen LogP contribution in [-0.2, 0) is 0 Å². The van der Waals surface area contributed by atoms with Gasteiger partial charge in [-0.1, -0.05) is 6.07 Å². The lowest BCUT2D eigenvalue weighted by molar-refractivity contribution is 0.0741. The van der Waals surface area contributed by atoms with Crippen LogP contribution in [0.15, 0.2) is 42.6 Å². The predicted octanol–water partition coefficient (Wildman–Crippen LogP) is 2.97. The van der Waals surface area contributed by atoms with Crippen molar-refractivity contribution in [3.05, 3.63) is 59.7 Å². The SMILES string of the molecule is Cc1c(C(=O)N2CCN(c3ccccn3)CC2)[nH]c2ccc(F)cc12. The van der Waals surface area contributed by atoms with Gasteiger partial charge in [0.25, 0.3) is 5.91 Å². The molecule has 0 spiro atoms. The second-order valence-electron chi connectivity index (χ2n) is 6.28. The summed E-state index contributed by atoms with van der Waals surface area (Å²) in [6, 6.07) is 10.4. The van der Waals surface area contributed by atoms with Crippen molar-refractivity contribution in [2.75, 3.05) is 31.1 Å². The molecule has 0 atom stereocenters. The van der Waals surface area contributed by atoms with E-state index in [2.05, 4.69) is 14.9 Å². The first-order valence-corrected chi connectivity index (χ1v) is 8.36. The lowest BCUT2D eigenvalue weighted by atomic mass is 10.1. The maximum Gasteiger partial charge on any atom is 0.270 e. The Kier molecular flexibility index (Phi) is 3.87. The van der Waals surface area contributed by atoms with Crippen LogP contribution in [-0.4, -0.2) is 47.0 Å². The molecule has 6 heteroatoms. The first-order chi connectivity index (χ1) is 12.1. The highest BCUT2D eigenvalue weighted by atomic mass is 19.1. The Morgan fingerprint density at radius 3 is 2.68 bits per heavy atom. The molecule has 1 saturated heterocycles. The van der Waals surface area contributed by atoms with Crippen LogP contribution >= 0.6 is 0 Å². The summed E-state index contributed by atoms with van der Waals surface area (Å²) in [5.41, 5.74) is 2.13. The molecule has 128 valence electrons. The Morgan fingerprint density at radius 1 is 1.16 bits per heavy atom. The van der Waals surface area contributed by atoms with Gasteiger partial charge >= 0.3 is 0 Å². The van der Waals surface area contributed by atoms with E-state index in [0.717, 1.165) is 35.4 Å². The van der Waals surface area contributed by atoms with E-state index in [-0.39, 0.29) is 11.7 Å². The Balaban J connectivity index is 1.52. The van der Waals surface area contributed by atoms with E-state index >= 15 is 0 Å². The molecule has 0 radical (unpaired) electrons. The zero-order chi connectivity index (χ0) is 17.4. The van der Waals surface area contributed by atoms with Crippen molar-refractivity contribution in [3.63, 3.8) is 0 Å². The van der Waals surface area contributed by atoms with Crippen molar-refractivity contribution < 1.29 is 9.18 Å². The summed E-state index contributed by atoms with van der Waals surface area (Å²) >= 11 is 0. The van der Waals surface area contributed by atoms with E-state index < -0.39 is 0 Å². The Bertz CT molecular complexity index is 914. The van der Waals surface area contributed by atoms with Gasteiger partial charge in [0.15, 0.2) is 0 Å². The highest BCUT2D eigenvalue weighted by molar-refractivity contribution is 6.01. The van der Waals surface area contributed by atoms with Gasteiger partial charge in [-0.2, -0.15) is 0 Å². The molecule has 1 fully saturated rings. The molecule has 0 unspecified atom stereocenters. The number of carbonyl (C=O) groups excluding carboxylic acids is 1. The van der Waals surface area contributed by atoms with Crippen LogP contribution in [0.4, 0.5) is 10.2 Å². The van der Waals surface area contributed by atoms with Crippen LogP contribution in [0.1, 0.15) is 16.1 Å². The number of pyridine rings is 1. The number of carbonyl (C=O) groups is 1. The summed E-state index contributed by atoms with van der Waals surface area (Å²) < 4.78 is 13.5. The van der Waals surface area contributed by atoms with E-state index in [1.165, 1.54) is 12.1 Å². The number of amides is 1. The number of benzene rings is 1. The summed E-state index contributed by atoms with van der Waals surface area (Å²) in [6.45, 7) is 4.63. The van der Waals surface area contributed by atoms with Crippen molar-refractivity contribution >= 4 is 22.6 Å². The van der Waals surface area contributed by atoms with E-state index in [4.69, 9.17) is 0 Å². The van der Waals surface area contributed by atoms with Crippen molar-refractivity contribution in [1.29, 1.82) is 0 Å². The second-order valence-corrected chi connectivity index (χ2v) is 6.28. The van der Waals surface area contributed by atoms with Gasteiger partial charge in [0, 0.05) is 43.3 Å². The van der Waals surface area contributed by atoms with Crippen LogP contribution in [0.3, 0.4) is 0 Å². The number of H-pyrrole nitrogens is 1. The number of hydrogen-bond acceptors (Lipinski definition) is 3. The smallest absolute Gasteiger partial charge is 0.270 e. The minimum atomic E-state index is -0.294. The molecule has 5 nitrogen and oxygen atoms in total. The molecule has 0 saturated carbocycles. The average Bonchev–Trinajstić information content (AvgIpc) is 2.98. The number of rotatable bonds is 2. The molecule has 1 aliphatic rings. The molecule has 0 aliphatic carbocycles. The third-order valence-corrected chi connectivity index (χ3v) is 4.77. The number of aromatic nitrogens is 2.